The van der Waals surface area contributed by atoms with E-state index >= 15 is 0 Å². The molecule has 3 N–H and O–H groups in total. The topological polar surface area (TPSA) is 159 Å². The van der Waals surface area contributed by atoms with Gasteiger partial charge in [0.25, 0.3) is 0 Å². The SMILES string of the molecule is CCCC(NC(=O)[C@@H]1C2C(CN1C(=O)[C@@H](NC(=O)NC1(CS(=O)(=O)C(C)(C)C)CCCCC1)C(C)(C)C)C2(C)C)C(=O)C(C)=O. The van der Waals surface area contributed by atoms with Crippen LogP contribution in [0.1, 0.15) is 114 Å². The Bertz CT molecular complexity index is 1290. The van der Waals surface area contributed by atoms with Crippen molar-refractivity contribution in [3.63, 3.8) is 0 Å². The van der Waals surface area contributed by atoms with E-state index in [4.69, 9.17) is 0 Å². The second kappa shape index (κ2) is 13.0. The number of Topliss-reactive ketones (excluding diaryl/α,β-unsaturated/α-hetero) is 2. The van der Waals surface area contributed by atoms with E-state index in [0.29, 0.717) is 32.2 Å². The lowest BCUT2D eigenvalue weighted by Crippen LogP contribution is -2.64. The first-order valence-electron chi connectivity index (χ1n) is 16.5. The number of hydrogen-bond acceptors (Lipinski definition) is 7. The van der Waals surface area contributed by atoms with Crippen molar-refractivity contribution in [1.82, 2.24) is 20.9 Å². The Morgan fingerprint density at radius 3 is 2.00 bits per heavy atom. The van der Waals surface area contributed by atoms with Crippen molar-refractivity contribution in [2.24, 2.45) is 22.7 Å². The maximum absolute atomic E-state index is 14.3. The van der Waals surface area contributed by atoms with Crippen LogP contribution < -0.4 is 16.0 Å². The standard InChI is InChI=1S/C33H56N4O7S/c1-11-15-22(25(39)20(2)38)34-27(40)24-23-21(32(23,9)10)18-37(24)28(41)26(30(3,4)5)35-29(42)36-33(16-13-12-14-17-33)19-45(43,44)31(6,7)8/h21-24,26H,11-19H2,1-10H3,(H,34,40)(H2,35,36,42)/t21?,22?,23?,24-,26+/m0/s1. The summed E-state index contributed by atoms with van der Waals surface area (Å²) in [6, 6.07) is -3.45. The third-order valence-electron chi connectivity index (χ3n) is 10.3. The monoisotopic (exact) mass is 652 g/mol. The number of likely N-dealkylation sites (tertiary alicyclic amines) is 1. The lowest BCUT2D eigenvalue weighted by molar-refractivity contribution is -0.145. The summed E-state index contributed by atoms with van der Waals surface area (Å²) in [4.78, 5) is 67.7. The van der Waals surface area contributed by atoms with Gasteiger partial charge in [-0.3, -0.25) is 19.2 Å². The van der Waals surface area contributed by atoms with Crippen LogP contribution >= 0.6 is 0 Å². The number of nitrogens with zero attached hydrogens (tertiary/aromatic N) is 1. The van der Waals surface area contributed by atoms with Crippen LogP contribution in [0.3, 0.4) is 0 Å². The summed E-state index contributed by atoms with van der Waals surface area (Å²) in [5.41, 5.74) is -1.87. The Morgan fingerprint density at radius 2 is 1.51 bits per heavy atom. The Morgan fingerprint density at radius 1 is 0.933 bits per heavy atom. The molecule has 5 atom stereocenters. The number of nitrogens with one attached hydrogen (secondary N) is 3. The molecular weight excluding hydrogens is 596 g/mol. The fourth-order valence-corrected chi connectivity index (χ4v) is 8.73. The van der Waals surface area contributed by atoms with E-state index in [-0.39, 0.29) is 23.0 Å². The van der Waals surface area contributed by atoms with E-state index in [1.165, 1.54) is 11.8 Å². The van der Waals surface area contributed by atoms with Crippen molar-refractivity contribution >= 4 is 39.2 Å². The van der Waals surface area contributed by atoms with Crippen LogP contribution in [-0.2, 0) is 29.0 Å². The van der Waals surface area contributed by atoms with Gasteiger partial charge in [0.2, 0.25) is 17.6 Å². The predicted octanol–water partition coefficient (Wildman–Crippen LogP) is 3.54. The molecule has 2 saturated carbocycles. The summed E-state index contributed by atoms with van der Waals surface area (Å²) in [6.45, 7) is 17.9. The summed E-state index contributed by atoms with van der Waals surface area (Å²) in [5.74, 6) is -2.41. The van der Waals surface area contributed by atoms with E-state index in [0.717, 1.165) is 19.3 Å². The molecule has 0 aromatic heterocycles. The van der Waals surface area contributed by atoms with Gasteiger partial charge in [-0.1, -0.05) is 67.2 Å². The maximum atomic E-state index is 14.3. The molecule has 11 nitrogen and oxygen atoms in total. The molecule has 1 saturated heterocycles. The third kappa shape index (κ3) is 7.91. The molecule has 45 heavy (non-hydrogen) atoms. The zero-order valence-corrected chi connectivity index (χ0v) is 29.8. The Balaban J connectivity index is 1.86. The molecule has 4 amide bonds. The summed E-state index contributed by atoms with van der Waals surface area (Å²) >= 11 is 0. The minimum Gasteiger partial charge on any atom is -0.344 e. The lowest BCUT2D eigenvalue weighted by Gasteiger charge is -2.41. The van der Waals surface area contributed by atoms with Gasteiger partial charge in [-0.05, 0) is 62.7 Å². The van der Waals surface area contributed by atoms with Gasteiger partial charge in [-0.15, -0.1) is 0 Å². The molecule has 0 bridgehead atoms. The minimum absolute atomic E-state index is 0.0768. The fraction of sp³-hybridized carbons (Fsp3) is 0.848. The van der Waals surface area contributed by atoms with Gasteiger partial charge in [0.05, 0.1) is 22.1 Å². The first-order valence-corrected chi connectivity index (χ1v) is 18.1. The first-order chi connectivity index (χ1) is 20.5. The molecule has 2 aliphatic carbocycles. The Hall–Kier alpha value is -2.50. The molecule has 12 heteroatoms. The van der Waals surface area contributed by atoms with Gasteiger partial charge >= 0.3 is 6.03 Å². The predicted molar refractivity (Wildman–Crippen MR) is 173 cm³/mol. The lowest BCUT2D eigenvalue weighted by atomic mass is 9.83. The van der Waals surface area contributed by atoms with Crippen molar-refractivity contribution in [3.05, 3.63) is 0 Å². The zero-order valence-electron chi connectivity index (χ0n) is 29.0. The van der Waals surface area contributed by atoms with Crippen LogP contribution in [0.2, 0.25) is 0 Å². The highest BCUT2D eigenvalue weighted by molar-refractivity contribution is 7.92. The highest BCUT2D eigenvalue weighted by Gasteiger charge is 2.70. The van der Waals surface area contributed by atoms with Crippen LogP contribution in [-0.4, -0.2) is 83.4 Å². The summed E-state index contributed by atoms with van der Waals surface area (Å²) in [7, 11) is -3.55. The van der Waals surface area contributed by atoms with Gasteiger partial charge < -0.3 is 20.9 Å². The number of carbonyl (C=O) groups is 5. The number of amides is 4. The van der Waals surface area contributed by atoms with Crippen LogP contribution in [0.4, 0.5) is 4.79 Å². The van der Waals surface area contributed by atoms with Crippen molar-refractivity contribution in [1.29, 1.82) is 0 Å². The molecule has 0 spiro atoms. The normalized spacial score (nSPS) is 25.4. The molecular formula is C33H56N4O7S. The molecule has 0 aromatic carbocycles. The summed E-state index contributed by atoms with van der Waals surface area (Å²) < 4.78 is 25.5. The van der Waals surface area contributed by atoms with Crippen LogP contribution in [0.15, 0.2) is 0 Å². The average Bonchev–Trinajstić information content (AvgIpc) is 3.21. The highest BCUT2D eigenvalue weighted by atomic mass is 32.2. The number of urea groups is 1. The van der Waals surface area contributed by atoms with E-state index in [1.807, 2.05) is 27.7 Å². The van der Waals surface area contributed by atoms with Crippen molar-refractivity contribution in [2.45, 2.75) is 143 Å². The number of sulfone groups is 1. The number of carbonyl (C=O) groups excluding carboxylic acids is 5. The van der Waals surface area contributed by atoms with E-state index in [9.17, 15) is 32.4 Å². The Kier molecular flexibility index (Phi) is 10.6. The molecule has 3 rings (SSSR count). The smallest absolute Gasteiger partial charge is 0.315 e. The van der Waals surface area contributed by atoms with Gasteiger partial charge in [0.1, 0.15) is 12.1 Å². The van der Waals surface area contributed by atoms with E-state index in [1.54, 1.807) is 20.8 Å². The molecule has 256 valence electrons. The second-order valence-corrected chi connectivity index (χ2v) is 19.0. The summed E-state index contributed by atoms with van der Waals surface area (Å²) in [6.07, 6.45) is 4.46. The number of fused-ring (bicyclic) bond motifs is 1. The van der Waals surface area contributed by atoms with Crippen molar-refractivity contribution < 1.29 is 32.4 Å². The summed E-state index contributed by atoms with van der Waals surface area (Å²) in [5, 5.41) is 8.63. The molecule has 3 fully saturated rings. The number of hydrogen-bond donors (Lipinski definition) is 3. The Labute approximate surface area is 269 Å². The number of rotatable bonds is 11. The minimum atomic E-state index is -3.55. The van der Waals surface area contributed by atoms with E-state index < -0.39 is 73.1 Å². The van der Waals surface area contributed by atoms with Crippen molar-refractivity contribution in [3.8, 4) is 0 Å². The molecule has 3 unspecified atom stereocenters. The molecule has 3 aliphatic rings. The van der Waals surface area contributed by atoms with Gasteiger partial charge in [-0.25, -0.2) is 13.2 Å². The second-order valence-electron chi connectivity index (χ2n) is 16.3. The number of ketones is 2. The molecule has 1 heterocycles. The van der Waals surface area contributed by atoms with Crippen molar-refractivity contribution in [2.75, 3.05) is 12.3 Å². The van der Waals surface area contributed by atoms with Crippen LogP contribution in [0, 0.1) is 22.7 Å². The average molecular weight is 653 g/mol. The highest BCUT2D eigenvalue weighted by Crippen LogP contribution is 2.65. The van der Waals surface area contributed by atoms with Crippen LogP contribution in [0.5, 0.6) is 0 Å². The van der Waals surface area contributed by atoms with Gasteiger partial charge in [0, 0.05) is 13.5 Å². The fourth-order valence-electron chi connectivity index (χ4n) is 7.21. The zero-order chi connectivity index (χ0) is 34.3. The molecule has 0 radical (unpaired) electrons. The van der Waals surface area contributed by atoms with Gasteiger partial charge in [0.15, 0.2) is 15.6 Å². The van der Waals surface area contributed by atoms with Gasteiger partial charge in [-0.2, -0.15) is 0 Å². The first kappa shape index (κ1) is 37.0. The quantitative estimate of drug-likeness (QED) is 0.288. The van der Waals surface area contributed by atoms with E-state index in [2.05, 4.69) is 29.8 Å². The third-order valence-corrected chi connectivity index (χ3v) is 13.1. The maximum Gasteiger partial charge on any atom is 0.315 e. The largest absolute Gasteiger partial charge is 0.344 e. The molecule has 0 aromatic rings. The molecule has 1 aliphatic heterocycles. The number of piperidine rings is 1. The van der Waals surface area contributed by atoms with Crippen LogP contribution in [0.25, 0.3) is 0 Å².